The van der Waals surface area contributed by atoms with E-state index in [2.05, 4.69) is 0 Å². The SMILES string of the molecule is COc1cc(/C=C/C(=O)OC[C@H]2O[C@H](O[C@@]3(CO)O[C@H](CO)[C@@H](O)[C@@H]3OC(=O)/C=C/c3cc(OC)c(OC)c(OC)c3)[C@H](O)[C@@H](O)[C@@H]2O)cc(OC)c1O. The number of esters is 2. The normalized spacial score (nSPS) is 28.2. The standard InChI is InChI=1S/C35H44O19/c1-45-19-10-17(11-20(46-2)27(19)40)6-8-25(38)50-15-24-28(41)30(43)31(44)34(51-24)54-35(16-37)33(29(42)23(14-36)53-35)52-26(39)9-7-18-12-21(47-3)32(49-5)22(13-18)48-4/h6-13,23-24,28-31,33-34,36-37,40-44H,14-16H2,1-5H3/b8-6+,9-7+/t23-,24-,28-,29-,30+,31-,33+,34-,35-/m1/s1. The lowest BCUT2D eigenvalue weighted by Gasteiger charge is -2.43. The molecule has 19 nitrogen and oxygen atoms in total. The van der Waals surface area contributed by atoms with Crippen molar-refractivity contribution in [1.29, 1.82) is 0 Å². The molecule has 0 bridgehead atoms. The summed E-state index contributed by atoms with van der Waals surface area (Å²) >= 11 is 0. The fourth-order valence-corrected chi connectivity index (χ4v) is 5.67. The monoisotopic (exact) mass is 768 g/mol. The number of carbonyl (C=O) groups is 2. The highest BCUT2D eigenvalue weighted by Crippen LogP contribution is 2.40. The molecule has 298 valence electrons. The molecule has 2 aliphatic rings. The highest BCUT2D eigenvalue weighted by Gasteiger charge is 2.60. The number of rotatable bonds is 16. The Morgan fingerprint density at radius 3 is 1.76 bits per heavy atom. The van der Waals surface area contributed by atoms with Crippen molar-refractivity contribution in [2.24, 2.45) is 0 Å². The third kappa shape index (κ3) is 9.14. The summed E-state index contributed by atoms with van der Waals surface area (Å²) in [6.45, 7) is -2.65. The van der Waals surface area contributed by atoms with E-state index in [0.29, 0.717) is 28.4 Å². The summed E-state index contributed by atoms with van der Waals surface area (Å²) in [5, 5.41) is 73.3. The van der Waals surface area contributed by atoms with Gasteiger partial charge in [-0.1, -0.05) is 0 Å². The molecule has 0 aliphatic carbocycles. The van der Waals surface area contributed by atoms with Crippen LogP contribution in [0, 0.1) is 0 Å². The lowest BCUT2D eigenvalue weighted by molar-refractivity contribution is -0.383. The molecule has 0 unspecified atom stereocenters. The first kappa shape index (κ1) is 42.0. The van der Waals surface area contributed by atoms with Crippen LogP contribution in [0.5, 0.6) is 34.5 Å². The number of ether oxygens (including phenoxy) is 10. The van der Waals surface area contributed by atoms with Crippen LogP contribution >= 0.6 is 0 Å². The summed E-state index contributed by atoms with van der Waals surface area (Å²) in [5.74, 6) is -3.69. The summed E-state index contributed by atoms with van der Waals surface area (Å²) in [7, 11) is 6.89. The van der Waals surface area contributed by atoms with Gasteiger partial charge in [-0.05, 0) is 47.5 Å². The predicted molar refractivity (Wildman–Crippen MR) is 182 cm³/mol. The van der Waals surface area contributed by atoms with Crippen LogP contribution in [-0.4, -0.2) is 158 Å². The molecule has 0 saturated carbocycles. The second-order valence-corrected chi connectivity index (χ2v) is 11.8. The average molecular weight is 769 g/mol. The van der Waals surface area contributed by atoms with E-state index in [1.54, 1.807) is 0 Å². The molecule has 54 heavy (non-hydrogen) atoms. The molecule has 19 heteroatoms. The van der Waals surface area contributed by atoms with E-state index in [-0.39, 0.29) is 17.2 Å². The molecule has 2 aromatic rings. The van der Waals surface area contributed by atoms with E-state index in [1.807, 2.05) is 0 Å². The van der Waals surface area contributed by atoms with Crippen LogP contribution < -0.4 is 23.7 Å². The first-order chi connectivity index (χ1) is 25.8. The number of phenols is 1. The zero-order chi connectivity index (χ0) is 39.7. The molecule has 2 aliphatic heterocycles. The number of aromatic hydroxyl groups is 1. The van der Waals surface area contributed by atoms with Gasteiger partial charge in [-0.3, -0.25) is 0 Å². The minimum atomic E-state index is -2.49. The van der Waals surface area contributed by atoms with Crippen LogP contribution in [0.1, 0.15) is 11.1 Å². The minimum absolute atomic E-state index is 0.0773. The Balaban J connectivity index is 1.49. The van der Waals surface area contributed by atoms with Crippen molar-refractivity contribution in [2.75, 3.05) is 55.4 Å². The molecule has 0 amide bonds. The van der Waals surface area contributed by atoms with Gasteiger partial charge in [0.15, 0.2) is 35.4 Å². The summed E-state index contributed by atoms with van der Waals surface area (Å²) < 4.78 is 53.6. The summed E-state index contributed by atoms with van der Waals surface area (Å²) in [6.07, 6.45) is -9.75. The smallest absolute Gasteiger partial charge is 0.331 e. The van der Waals surface area contributed by atoms with Gasteiger partial charge in [0.25, 0.3) is 0 Å². The zero-order valence-corrected chi connectivity index (χ0v) is 29.9. The van der Waals surface area contributed by atoms with Gasteiger partial charge in [-0.2, -0.15) is 0 Å². The van der Waals surface area contributed by atoms with E-state index in [9.17, 15) is 45.3 Å². The van der Waals surface area contributed by atoms with Crippen molar-refractivity contribution in [1.82, 2.24) is 0 Å². The topological polar surface area (TPSA) is 268 Å². The molecule has 2 fully saturated rings. The molecular formula is C35H44O19. The van der Waals surface area contributed by atoms with Crippen LogP contribution in [0.25, 0.3) is 12.2 Å². The quantitative estimate of drug-likeness (QED) is 0.0788. The predicted octanol–water partition coefficient (Wildman–Crippen LogP) is -1.12. The average Bonchev–Trinajstić information content (AvgIpc) is 3.44. The number of hydrogen-bond acceptors (Lipinski definition) is 19. The molecule has 2 saturated heterocycles. The maximum absolute atomic E-state index is 13.0. The fourth-order valence-electron chi connectivity index (χ4n) is 5.67. The fraction of sp³-hybridized carbons (Fsp3) is 0.486. The van der Waals surface area contributed by atoms with Gasteiger partial charge in [0.1, 0.15) is 49.8 Å². The minimum Gasteiger partial charge on any atom is -0.502 e. The number of aliphatic hydroxyl groups is 6. The Morgan fingerprint density at radius 2 is 1.26 bits per heavy atom. The summed E-state index contributed by atoms with van der Waals surface area (Å²) in [5.41, 5.74) is 0.803. The highest BCUT2D eigenvalue weighted by atomic mass is 16.8. The van der Waals surface area contributed by atoms with E-state index >= 15 is 0 Å². The molecule has 2 heterocycles. The zero-order valence-electron chi connectivity index (χ0n) is 29.9. The highest BCUT2D eigenvalue weighted by molar-refractivity contribution is 5.88. The van der Waals surface area contributed by atoms with Gasteiger partial charge < -0.3 is 83.1 Å². The Morgan fingerprint density at radius 1 is 0.722 bits per heavy atom. The molecule has 4 rings (SSSR count). The number of phenolic OH excluding ortho intramolecular Hbond substituents is 1. The lowest BCUT2D eigenvalue weighted by atomic mass is 9.98. The van der Waals surface area contributed by atoms with Crippen molar-refractivity contribution in [3.63, 3.8) is 0 Å². The number of hydrogen-bond donors (Lipinski definition) is 7. The van der Waals surface area contributed by atoms with E-state index in [1.165, 1.54) is 72.0 Å². The second kappa shape index (κ2) is 18.6. The van der Waals surface area contributed by atoms with Gasteiger partial charge in [0.2, 0.25) is 17.3 Å². The maximum Gasteiger partial charge on any atom is 0.331 e. The van der Waals surface area contributed by atoms with Crippen molar-refractivity contribution in [3.8, 4) is 34.5 Å². The second-order valence-electron chi connectivity index (χ2n) is 11.8. The summed E-state index contributed by atoms with van der Waals surface area (Å²) in [4.78, 5) is 25.6. The van der Waals surface area contributed by atoms with Crippen LogP contribution in [0.2, 0.25) is 0 Å². The Bertz CT molecular complexity index is 1610. The maximum atomic E-state index is 13.0. The first-order valence-electron chi connectivity index (χ1n) is 16.2. The van der Waals surface area contributed by atoms with Crippen LogP contribution in [0.4, 0.5) is 0 Å². The third-order valence-corrected chi connectivity index (χ3v) is 8.51. The Labute approximate surface area is 309 Å². The number of methoxy groups -OCH3 is 5. The number of aliphatic hydroxyl groups excluding tert-OH is 6. The van der Waals surface area contributed by atoms with E-state index < -0.39 is 86.6 Å². The molecule has 0 aromatic heterocycles. The molecule has 9 atom stereocenters. The van der Waals surface area contributed by atoms with Crippen LogP contribution in [0.3, 0.4) is 0 Å². The van der Waals surface area contributed by atoms with Gasteiger partial charge in [0, 0.05) is 12.2 Å². The third-order valence-electron chi connectivity index (χ3n) is 8.51. The largest absolute Gasteiger partial charge is 0.502 e. The van der Waals surface area contributed by atoms with Crippen molar-refractivity contribution >= 4 is 24.1 Å². The number of carbonyl (C=O) groups excluding carboxylic acids is 2. The van der Waals surface area contributed by atoms with Crippen LogP contribution in [-0.2, 0) is 33.3 Å². The van der Waals surface area contributed by atoms with Crippen molar-refractivity contribution in [3.05, 3.63) is 47.5 Å². The molecular weight excluding hydrogens is 724 g/mol. The molecule has 7 N–H and O–H groups in total. The molecule has 0 spiro atoms. The van der Waals surface area contributed by atoms with Gasteiger partial charge >= 0.3 is 11.9 Å². The molecule has 0 radical (unpaired) electrons. The first-order valence-corrected chi connectivity index (χ1v) is 16.2. The van der Waals surface area contributed by atoms with E-state index in [0.717, 1.165) is 12.2 Å². The molecule has 2 aromatic carbocycles. The van der Waals surface area contributed by atoms with Gasteiger partial charge in [-0.25, -0.2) is 9.59 Å². The Hall–Kier alpha value is -4.70. The van der Waals surface area contributed by atoms with Gasteiger partial charge in [0.05, 0.1) is 42.2 Å². The lowest BCUT2D eigenvalue weighted by Crippen LogP contribution is -2.63. The van der Waals surface area contributed by atoms with Gasteiger partial charge in [-0.15, -0.1) is 0 Å². The van der Waals surface area contributed by atoms with E-state index in [4.69, 9.17) is 47.4 Å². The number of benzene rings is 2. The van der Waals surface area contributed by atoms with Crippen LogP contribution in [0.15, 0.2) is 36.4 Å². The van der Waals surface area contributed by atoms with Crippen molar-refractivity contribution < 1.29 is 92.7 Å². The summed E-state index contributed by atoms with van der Waals surface area (Å²) in [6, 6.07) is 5.92. The Kier molecular flexibility index (Phi) is 14.5. The van der Waals surface area contributed by atoms with Crippen molar-refractivity contribution in [2.45, 2.75) is 54.8 Å².